The lowest BCUT2D eigenvalue weighted by Crippen LogP contribution is -2.47. The second-order valence-corrected chi connectivity index (χ2v) is 10.5. The minimum atomic E-state index is -1.09. The van der Waals surface area contributed by atoms with Gasteiger partial charge in [0.2, 0.25) is 5.91 Å². The lowest BCUT2D eigenvalue weighted by Gasteiger charge is -2.37. The van der Waals surface area contributed by atoms with Crippen molar-refractivity contribution >= 4 is 29.8 Å². The highest BCUT2D eigenvalue weighted by Crippen LogP contribution is 2.34. The summed E-state index contributed by atoms with van der Waals surface area (Å²) in [4.78, 5) is 27.9. The van der Waals surface area contributed by atoms with Gasteiger partial charge in [0.15, 0.2) is 5.82 Å². The summed E-state index contributed by atoms with van der Waals surface area (Å²) in [5.74, 6) is -0.332. The summed E-state index contributed by atoms with van der Waals surface area (Å²) in [7, 11) is 0. The van der Waals surface area contributed by atoms with Gasteiger partial charge >= 0.3 is 5.97 Å². The van der Waals surface area contributed by atoms with Gasteiger partial charge in [-0.05, 0) is 67.7 Å². The van der Waals surface area contributed by atoms with Crippen LogP contribution >= 0.6 is 0 Å². The predicted octanol–water partition coefficient (Wildman–Crippen LogP) is 6.08. The number of carboxylic acid groups (broad SMARTS) is 1. The highest BCUT2D eigenvalue weighted by molar-refractivity contribution is 6.02. The Labute approximate surface area is 223 Å². The molecule has 198 valence electrons. The average Bonchev–Trinajstić information content (AvgIpc) is 3.39. The molecule has 1 aromatic heterocycles. The number of carbonyl (C=O) groups excluding carboxylic acids is 1. The summed E-state index contributed by atoms with van der Waals surface area (Å²) in [6.07, 6.45) is 10.6. The lowest BCUT2D eigenvalue weighted by molar-refractivity contribution is -0.124. The monoisotopic (exact) mass is 513 g/mol. The highest BCUT2D eigenvalue weighted by Gasteiger charge is 2.37. The third-order valence-corrected chi connectivity index (χ3v) is 7.74. The number of carbonyl (C=O) groups is 2. The second-order valence-electron chi connectivity index (χ2n) is 10.5. The van der Waals surface area contributed by atoms with Crippen molar-refractivity contribution < 1.29 is 19.4 Å². The largest absolute Gasteiger partial charge is 0.477 e. The van der Waals surface area contributed by atoms with E-state index in [1.54, 1.807) is 9.58 Å². The fourth-order valence-corrected chi connectivity index (χ4v) is 5.42. The Kier molecular flexibility index (Phi) is 8.03. The predicted molar refractivity (Wildman–Crippen MR) is 148 cm³/mol. The number of anilines is 1. The van der Waals surface area contributed by atoms with Crippen LogP contribution < -0.4 is 4.90 Å². The molecule has 0 bridgehead atoms. The van der Waals surface area contributed by atoms with E-state index in [9.17, 15) is 14.7 Å². The van der Waals surface area contributed by atoms with E-state index in [1.807, 2.05) is 66.7 Å². The van der Waals surface area contributed by atoms with Crippen molar-refractivity contribution in [1.29, 1.82) is 0 Å². The third-order valence-electron chi connectivity index (χ3n) is 7.74. The molecule has 3 aromatic rings. The zero-order valence-electron chi connectivity index (χ0n) is 21.8. The Balaban J connectivity index is 1.44. The van der Waals surface area contributed by atoms with Crippen molar-refractivity contribution in [2.45, 2.75) is 51.5 Å². The smallest absolute Gasteiger partial charge is 0.341 e. The molecule has 2 heterocycles. The summed E-state index contributed by atoms with van der Waals surface area (Å²) in [5, 5.41) is 14.8. The Morgan fingerprint density at radius 2 is 1.55 bits per heavy atom. The summed E-state index contributed by atoms with van der Waals surface area (Å²) in [5.41, 5.74) is 2.92. The maximum atomic E-state index is 13.9. The molecule has 5 rings (SSSR count). The van der Waals surface area contributed by atoms with Crippen LogP contribution in [0, 0.1) is 11.8 Å². The van der Waals surface area contributed by atoms with Gasteiger partial charge < -0.3 is 9.84 Å². The quantitative estimate of drug-likeness (QED) is 0.387. The minimum absolute atomic E-state index is 0.00190. The van der Waals surface area contributed by atoms with Gasteiger partial charge in [0.25, 0.3) is 0 Å². The number of aromatic carboxylic acids is 1. The van der Waals surface area contributed by atoms with Gasteiger partial charge in [0, 0.05) is 31.4 Å². The van der Waals surface area contributed by atoms with Gasteiger partial charge in [-0.3, -0.25) is 9.69 Å². The number of rotatable bonds is 7. The molecule has 1 N–H and O–H groups in total. The van der Waals surface area contributed by atoms with Gasteiger partial charge in [0.1, 0.15) is 5.56 Å². The van der Waals surface area contributed by atoms with Crippen molar-refractivity contribution in [3.63, 3.8) is 0 Å². The van der Waals surface area contributed by atoms with Crippen LogP contribution in [0.25, 0.3) is 17.8 Å². The number of aromatic nitrogens is 2. The van der Waals surface area contributed by atoms with Crippen molar-refractivity contribution in [1.82, 2.24) is 9.78 Å². The Morgan fingerprint density at radius 1 is 0.921 bits per heavy atom. The molecular weight excluding hydrogens is 478 g/mol. The molecule has 2 fully saturated rings. The van der Waals surface area contributed by atoms with Crippen LogP contribution in [0.5, 0.6) is 0 Å². The van der Waals surface area contributed by atoms with E-state index in [4.69, 9.17) is 9.84 Å². The summed E-state index contributed by atoms with van der Waals surface area (Å²) < 4.78 is 7.13. The first kappa shape index (κ1) is 25.9. The van der Waals surface area contributed by atoms with Crippen molar-refractivity contribution in [3.05, 3.63) is 77.5 Å². The van der Waals surface area contributed by atoms with Gasteiger partial charge in [-0.25, -0.2) is 9.48 Å². The maximum Gasteiger partial charge on any atom is 0.341 e. The first-order valence-electron chi connectivity index (χ1n) is 13.6. The molecule has 0 spiro atoms. The number of hydrogen-bond acceptors (Lipinski definition) is 4. The first-order chi connectivity index (χ1) is 18.5. The lowest BCUT2D eigenvalue weighted by atomic mass is 9.82. The molecular formula is C31H35N3O4. The van der Waals surface area contributed by atoms with Crippen LogP contribution in [-0.2, 0) is 9.53 Å². The number of benzene rings is 2. The fourth-order valence-electron chi connectivity index (χ4n) is 5.42. The number of nitrogens with zero attached hydrogens (tertiary/aromatic N) is 3. The average molecular weight is 514 g/mol. The van der Waals surface area contributed by atoms with E-state index >= 15 is 0 Å². The Bertz CT molecular complexity index is 1270. The molecule has 7 nitrogen and oxygen atoms in total. The van der Waals surface area contributed by atoms with Crippen LogP contribution in [0.1, 0.15) is 66.9 Å². The second kappa shape index (κ2) is 11.8. The molecule has 1 saturated carbocycles. The standard InChI is InChI=1S/C31H35N3O4/c1-22-7-13-25(14-8-22)30(35)34(27-17-19-38-20-18-27)29-28(31(36)37)21-33(32-29)26-15-11-24(12-16-26)10-9-23-5-3-2-4-6-23/h2-6,9-12,15-16,21-22,25,27H,7-8,13-14,17-20H2,1H3,(H,36,37)/t22-,25-. The molecule has 1 aliphatic heterocycles. The molecule has 2 aromatic carbocycles. The highest BCUT2D eigenvalue weighted by atomic mass is 16.5. The van der Waals surface area contributed by atoms with E-state index < -0.39 is 5.97 Å². The van der Waals surface area contributed by atoms with E-state index in [1.165, 1.54) is 6.20 Å². The van der Waals surface area contributed by atoms with Gasteiger partial charge in [-0.15, -0.1) is 5.10 Å². The van der Waals surface area contributed by atoms with Crippen LogP contribution in [0.2, 0.25) is 0 Å². The number of hydrogen-bond donors (Lipinski definition) is 1. The topological polar surface area (TPSA) is 84.7 Å². The molecule has 38 heavy (non-hydrogen) atoms. The van der Waals surface area contributed by atoms with Gasteiger partial charge in [-0.2, -0.15) is 0 Å². The van der Waals surface area contributed by atoms with Crippen molar-refractivity contribution in [2.24, 2.45) is 11.8 Å². The van der Waals surface area contributed by atoms with Crippen LogP contribution in [0.15, 0.2) is 60.8 Å². The maximum absolute atomic E-state index is 13.9. The van der Waals surface area contributed by atoms with Crippen LogP contribution in [0.4, 0.5) is 5.82 Å². The number of amides is 1. The normalized spacial score (nSPS) is 20.4. The van der Waals surface area contributed by atoms with E-state index in [2.05, 4.69) is 6.92 Å². The fraction of sp³-hybridized carbons (Fsp3) is 0.387. The van der Waals surface area contributed by atoms with Crippen LogP contribution in [-0.4, -0.2) is 46.0 Å². The van der Waals surface area contributed by atoms with E-state index in [-0.39, 0.29) is 29.2 Å². The Morgan fingerprint density at radius 3 is 2.18 bits per heavy atom. The molecule has 2 aliphatic rings. The molecule has 1 saturated heterocycles. The zero-order chi connectivity index (χ0) is 26.5. The SMILES string of the molecule is C[C@H]1CC[C@H](C(=O)N(c2nn(-c3ccc(C=Cc4ccccc4)cc3)cc2C(=O)O)C2CCOCC2)CC1. The number of carboxylic acids is 1. The molecule has 0 radical (unpaired) electrons. The van der Waals surface area contributed by atoms with E-state index in [0.29, 0.717) is 32.0 Å². The molecule has 1 aliphatic carbocycles. The first-order valence-corrected chi connectivity index (χ1v) is 13.6. The Hall–Kier alpha value is -3.71. The van der Waals surface area contributed by atoms with E-state index in [0.717, 1.165) is 42.5 Å². The summed E-state index contributed by atoms with van der Waals surface area (Å²) >= 11 is 0. The van der Waals surface area contributed by atoms with Crippen molar-refractivity contribution in [3.8, 4) is 5.69 Å². The van der Waals surface area contributed by atoms with Gasteiger partial charge in [0.05, 0.1) is 5.69 Å². The molecule has 7 heteroatoms. The third kappa shape index (κ3) is 5.89. The molecule has 1 amide bonds. The summed E-state index contributed by atoms with van der Waals surface area (Å²) in [6, 6.07) is 17.7. The minimum Gasteiger partial charge on any atom is -0.477 e. The summed E-state index contributed by atoms with van der Waals surface area (Å²) in [6.45, 7) is 3.33. The zero-order valence-corrected chi connectivity index (χ0v) is 21.8. The molecule has 0 atom stereocenters. The van der Waals surface area contributed by atoms with Crippen LogP contribution in [0.3, 0.4) is 0 Å². The number of ether oxygens (including phenoxy) is 1. The molecule has 0 unspecified atom stereocenters. The van der Waals surface area contributed by atoms with Crippen molar-refractivity contribution in [2.75, 3.05) is 18.1 Å². The van der Waals surface area contributed by atoms with Gasteiger partial charge in [-0.1, -0.05) is 61.5 Å².